The third kappa shape index (κ3) is 4.79. The number of piperidine rings is 1. The fourth-order valence-electron chi connectivity index (χ4n) is 3.44. The number of hydroxylamine groups is 1. The summed E-state index contributed by atoms with van der Waals surface area (Å²) in [6.07, 6.45) is 0.708. The van der Waals surface area contributed by atoms with Gasteiger partial charge in [0.2, 0.25) is 15.9 Å². The summed E-state index contributed by atoms with van der Waals surface area (Å²) in [5, 5.41) is 9.02. The number of amides is 2. The smallest absolute Gasteiger partial charge is 0.276 e. The number of benzene rings is 2. The van der Waals surface area contributed by atoms with Gasteiger partial charge in [0.05, 0.1) is 16.0 Å². The Bertz CT molecular complexity index is 1060. The van der Waals surface area contributed by atoms with Crippen molar-refractivity contribution in [2.75, 3.05) is 20.2 Å². The summed E-state index contributed by atoms with van der Waals surface area (Å²) in [5.41, 5.74) is 5.87. The average molecular weight is 450 g/mol. The molecule has 3 rings (SSSR count). The highest BCUT2D eigenvalue weighted by atomic mass is 32.2. The van der Waals surface area contributed by atoms with Gasteiger partial charge in [0.25, 0.3) is 11.7 Å². The highest BCUT2D eigenvalue weighted by Crippen LogP contribution is 2.28. The Kier molecular flexibility index (Phi) is 6.78. The number of nitrogens with one attached hydrogen (secondary N) is 1. The Hall–Kier alpha value is -3.15. The van der Waals surface area contributed by atoms with E-state index in [1.165, 1.54) is 28.0 Å². The predicted octanol–water partition coefficient (Wildman–Crippen LogP) is 1.01. The number of nitrogens with zero attached hydrogens (tertiary/aromatic N) is 1. The van der Waals surface area contributed by atoms with Crippen LogP contribution in [0.4, 0.5) is 0 Å². The molecular weight excluding hydrogens is 426 g/mol. The minimum atomic E-state index is -4.12. The fraction of sp³-hybridized carbons (Fsp3) is 0.300. The largest absolute Gasteiger partial charge is 0.585 e. The average Bonchev–Trinajstić information content (AvgIpc) is 2.78. The van der Waals surface area contributed by atoms with Crippen LogP contribution in [0, 0.1) is 0 Å². The van der Waals surface area contributed by atoms with Crippen LogP contribution in [-0.4, -0.2) is 60.8 Å². The van der Waals surface area contributed by atoms with E-state index in [-0.39, 0.29) is 24.8 Å². The van der Waals surface area contributed by atoms with Crippen molar-refractivity contribution < 1.29 is 32.7 Å². The van der Waals surface area contributed by atoms with E-state index in [0.29, 0.717) is 18.6 Å². The summed E-state index contributed by atoms with van der Waals surface area (Å²) in [5.74, 6) is -0.614. The topological polar surface area (TPSA) is 152 Å². The van der Waals surface area contributed by atoms with Gasteiger partial charge in [-0.1, -0.05) is 6.07 Å². The molecule has 0 atom stereocenters. The van der Waals surface area contributed by atoms with E-state index in [1.54, 1.807) is 19.2 Å². The lowest BCUT2D eigenvalue weighted by Gasteiger charge is -2.32. The number of primary amides is 1. The number of aliphatic hydroxyl groups is 1. The SMILES string of the molecule is C[OH+]c1ccc(OC2CCN(S(=O)(=O)c3cccc(C(N)=O)c3C(=O)NO)CC2)cc1. The number of rotatable bonds is 7. The molecule has 0 aromatic heterocycles. The number of carbonyl (C=O) groups is 2. The molecule has 0 aliphatic carbocycles. The van der Waals surface area contributed by atoms with Gasteiger partial charge in [-0.2, -0.15) is 4.31 Å². The minimum absolute atomic E-state index is 0.163. The zero-order valence-electron chi connectivity index (χ0n) is 16.8. The van der Waals surface area contributed by atoms with Crippen molar-refractivity contribution in [3.63, 3.8) is 0 Å². The maximum absolute atomic E-state index is 13.2. The number of aromatic hydroxyl groups is 1. The summed E-state index contributed by atoms with van der Waals surface area (Å²) < 4.78 is 37.6. The summed E-state index contributed by atoms with van der Waals surface area (Å²) in [7, 11) is -2.43. The van der Waals surface area contributed by atoms with E-state index < -0.39 is 32.3 Å². The number of hydrogen-bond acceptors (Lipinski definition) is 6. The van der Waals surface area contributed by atoms with Crippen molar-refractivity contribution in [1.82, 2.24) is 9.79 Å². The monoisotopic (exact) mass is 450 g/mol. The lowest BCUT2D eigenvalue weighted by atomic mass is 10.1. The lowest BCUT2D eigenvalue weighted by Crippen LogP contribution is -2.42. The molecule has 0 bridgehead atoms. The zero-order chi connectivity index (χ0) is 22.6. The van der Waals surface area contributed by atoms with Gasteiger partial charge in [0.15, 0.2) is 7.11 Å². The first-order valence-electron chi connectivity index (χ1n) is 9.52. The number of nitrogens with two attached hydrogens (primary N) is 1. The molecule has 2 amide bonds. The first-order valence-corrected chi connectivity index (χ1v) is 11.0. The van der Waals surface area contributed by atoms with Crippen LogP contribution in [0.1, 0.15) is 33.6 Å². The van der Waals surface area contributed by atoms with Crippen molar-refractivity contribution in [3.8, 4) is 11.5 Å². The van der Waals surface area contributed by atoms with Crippen LogP contribution in [0.2, 0.25) is 0 Å². The van der Waals surface area contributed by atoms with Gasteiger partial charge in [-0.05, 0) is 37.1 Å². The summed E-state index contributed by atoms with van der Waals surface area (Å²) in [6.45, 7) is 0.326. The van der Waals surface area contributed by atoms with Gasteiger partial charge < -0.3 is 15.2 Å². The molecule has 5 N–H and O–H groups in total. The Morgan fingerprint density at radius 3 is 2.35 bits per heavy atom. The van der Waals surface area contributed by atoms with E-state index in [1.807, 2.05) is 12.1 Å². The highest BCUT2D eigenvalue weighted by molar-refractivity contribution is 7.89. The van der Waals surface area contributed by atoms with Gasteiger partial charge in [-0.15, -0.1) is 0 Å². The molecule has 2 aromatic carbocycles. The van der Waals surface area contributed by atoms with Crippen LogP contribution in [0.25, 0.3) is 0 Å². The van der Waals surface area contributed by atoms with E-state index in [2.05, 4.69) is 4.74 Å². The third-order valence-electron chi connectivity index (χ3n) is 5.04. The predicted molar refractivity (Wildman–Crippen MR) is 111 cm³/mol. The number of ether oxygens (including phenoxy) is 2. The molecule has 0 unspecified atom stereocenters. The third-order valence-corrected chi connectivity index (χ3v) is 6.98. The Balaban J connectivity index is 1.77. The maximum atomic E-state index is 13.2. The first-order chi connectivity index (χ1) is 14.8. The molecule has 1 aliphatic heterocycles. The van der Waals surface area contributed by atoms with Gasteiger partial charge in [0, 0.05) is 25.2 Å². The molecule has 0 radical (unpaired) electrons. The number of hydrogen-bond donors (Lipinski definition) is 3. The molecule has 11 heteroatoms. The van der Waals surface area contributed by atoms with E-state index >= 15 is 0 Å². The number of sulfonamides is 1. The first kappa shape index (κ1) is 22.5. The molecule has 1 saturated heterocycles. The van der Waals surface area contributed by atoms with Crippen LogP contribution >= 0.6 is 0 Å². The van der Waals surface area contributed by atoms with E-state index in [4.69, 9.17) is 15.7 Å². The molecule has 31 heavy (non-hydrogen) atoms. The second-order valence-corrected chi connectivity index (χ2v) is 8.83. The summed E-state index contributed by atoms with van der Waals surface area (Å²) >= 11 is 0. The zero-order valence-corrected chi connectivity index (χ0v) is 17.6. The Morgan fingerprint density at radius 2 is 1.81 bits per heavy atom. The van der Waals surface area contributed by atoms with Crippen molar-refractivity contribution in [1.29, 1.82) is 0 Å². The van der Waals surface area contributed by atoms with Crippen LogP contribution < -0.4 is 16.0 Å². The highest BCUT2D eigenvalue weighted by Gasteiger charge is 2.34. The molecule has 1 fully saturated rings. The minimum Gasteiger partial charge on any atom is -0.585 e. The summed E-state index contributed by atoms with van der Waals surface area (Å²) in [6, 6.07) is 11.0. The number of carbonyl (C=O) groups excluding carboxylic acids is 2. The van der Waals surface area contributed by atoms with Crippen LogP contribution in [0.5, 0.6) is 11.5 Å². The molecule has 166 valence electrons. The Morgan fingerprint density at radius 1 is 1.16 bits per heavy atom. The quantitative estimate of drug-likeness (QED) is 0.325. The molecular formula is C20H24N3O7S+. The molecule has 1 heterocycles. The molecule has 2 aromatic rings. The standard InChI is InChI=1S/C20H23N3O7S/c1-29-13-5-7-14(8-6-13)30-15-9-11-23(12-10-15)31(27,28)17-4-2-3-16(19(21)24)18(17)20(25)22-26/h2-8,15,26H,9-12H2,1H3,(H2,21,24)(H,22,25)/p+1. The van der Waals surface area contributed by atoms with Crippen molar-refractivity contribution in [2.24, 2.45) is 5.73 Å². The van der Waals surface area contributed by atoms with Gasteiger partial charge >= 0.3 is 0 Å². The van der Waals surface area contributed by atoms with Gasteiger partial charge in [0.1, 0.15) is 11.9 Å². The Labute approximate surface area is 179 Å². The van der Waals surface area contributed by atoms with Crippen LogP contribution in [-0.2, 0) is 10.0 Å². The van der Waals surface area contributed by atoms with E-state index in [0.717, 1.165) is 5.75 Å². The van der Waals surface area contributed by atoms with Crippen LogP contribution in [0.15, 0.2) is 47.4 Å². The second-order valence-electron chi connectivity index (χ2n) is 6.92. The normalized spacial score (nSPS) is 15.3. The summed E-state index contributed by atoms with van der Waals surface area (Å²) in [4.78, 5) is 23.4. The van der Waals surface area contributed by atoms with Crippen molar-refractivity contribution in [2.45, 2.75) is 23.8 Å². The molecule has 0 saturated carbocycles. The van der Waals surface area contributed by atoms with Gasteiger partial charge in [-0.3, -0.25) is 14.8 Å². The maximum Gasteiger partial charge on any atom is 0.276 e. The molecule has 1 aliphatic rings. The molecule has 10 nitrogen and oxygen atoms in total. The fourth-order valence-corrected chi connectivity index (χ4v) is 5.12. The van der Waals surface area contributed by atoms with Crippen molar-refractivity contribution >= 4 is 21.8 Å². The molecule has 0 spiro atoms. The van der Waals surface area contributed by atoms with E-state index in [9.17, 15) is 18.0 Å². The van der Waals surface area contributed by atoms with Crippen molar-refractivity contribution in [3.05, 3.63) is 53.6 Å². The van der Waals surface area contributed by atoms with Crippen LogP contribution in [0.3, 0.4) is 0 Å². The second kappa shape index (κ2) is 9.33. The van der Waals surface area contributed by atoms with Gasteiger partial charge in [-0.25, -0.2) is 13.9 Å². The lowest BCUT2D eigenvalue weighted by molar-refractivity contribution is 0.0698.